The maximum atomic E-state index is 3.60. The summed E-state index contributed by atoms with van der Waals surface area (Å²) in [6.07, 6.45) is 11.9. The number of rotatable bonds is 4. The largest absolute Gasteiger partial charge is 4.00 e. The number of unbranched alkanes of at least 4 members (excludes halogenated alkanes) is 2. The molecule has 2 aromatic rings. The molecule has 0 aliphatic carbocycles. The van der Waals surface area contributed by atoms with Crippen molar-refractivity contribution in [2.75, 3.05) is 0 Å². The fraction of sp³-hybridized carbons (Fsp3) is 0.417. The van der Waals surface area contributed by atoms with E-state index in [1.165, 1.54) is 36.1 Å². The molecule has 1 aliphatic heterocycles. The zero-order valence-corrected chi connectivity index (χ0v) is 20.5. The fourth-order valence-electron chi connectivity index (χ4n) is 2.76. The molecule has 0 unspecified atom stereocenters. The van der Waals surface area contributed by atoms with Gasteiger partial charge in [-0.15, -0.1) is 24.9 Å². The molecule has 138 valence electrons. The Hall–Kier alpha value is -0.720. The molecule has 2 heteroatoms. The Morgan fingerprint density at radius 2 is 1.12 bits per heavy atom. The van der Waals surface area contributed by atoms with Crippen LogP contribution in [-0.4, -0.2) is 8.07 Å². The number of hydrogen-bond acceptors (Lipinski definition) is 0. The second kappa shape index (κ2) is 15.3. The van der Waals surface area contributed by atoms with Gasteiger partial charge in [-0.2, -0.15) is 36.4 Å². The van der Waals surface area contributed by atoms with Crippen molar-refractivity contribution in [3.05, 3.63) is 84.0 Å². The zero-order chi connectivity index (χ0) is 18.4. The molecule has 0 amide bonds. The molecule has 0 bridgehead atoms. The average Bonchev–Trinajstić information content (AvgIpc) is 3.34. The average molecular weight is 442 g/mol. The summed E-state index contributed by atoms with van der Waals surface area (Å²) in [5, 5.41) is 0. The predicted molar refractivity (Wildman–Crippen MR) is 114 cm³/mol. The molecule has 0 atom stereocenters. The third-order valence-electron chi connectivity index (χ3n) is 3.96. The van der Waals surface area contributed by atoms with Crippen LogP contribution in [0.1, 0.15) is 39.5 Å². The predicted octanol–water partition coefficient (Wildman–Crippen LogP) is 7.58. The van der Waals surface area contributed by atoms with Gasteiger partial charge >= 0.3 is 26.2 Å². The minimum absolute atomic E-state index is 0. The maximum absolute atomic E-state index is 3.60. The molecule has 1 aliphatic rings. The van der Waals surface area contributed by atoms with Crippen LogP contribution in [0.25, 0.3) is 0 Å². The Kier molecular flexibility index (Phi) is 14.9. The van der Waals surface area contributed by atoms with Gasteiger partial charge in [0.1, 0.15) is 0 Å². The summed E-state index contributed by atoms with van der Waals surface area (Å²) in [4.78, 5) is 0. The van der Waals surface area contributed by atoms with E-state index in [2.05, 4.69) is 39.1 Å². The standard InChI is InChI=1S/C14H24Si.2C5H5.Zr/c1-5-7-9-13-11-15(3,4)12-14(13)10-8-6-2;2*1-2-4-5-3-1;/h5-8,11-12H2,1-4H3;2*1-5H;/q-2;2*-1;+4. The first-order chi connectivity index (χ1) is 12.1. The van der Waals surface area contributed by atoms with Crippen LogP contribution < -0.4 is 0 Å². The van der Waals surface area contributed by atoms with Crippen LogP contribution in [0.15, 0.2) is 71.8 Å². The van der Waals surface area contributed by atoms with Crippen LogP contribution in [0.5, 0.6) is 0 Å². The topological polar surface area (TPSA) is 0 Å². The summed E-state index contributed by atoms with van der Waals surface area (Å²) < 4.78 is 0. The van der Waals surface area contributed by atoms with E-state index in [4.69, 9.17) is 0 Å². The van der Waals surface area contributed by atoms with Crippen LogP contribution in [0, 0.1) is 12.2 Å². The van der Waals surface area contributed by atoms with Gasteiger partial charge in [0.05, 0.1) is 0 Å². The van der Waals surface area contributed by atoms with Gasteiger partial charge in [-0.25, -0.2) is 24.3 Å². The van der Waals surface area contributed by atoms with E-state index in [0.717, 1.165) is 12.8 Å². The Morgan fingerprint density at radius 3 is 1.35 bits per heavy atom. The molecule has 1 saturated heterocycles. The molecule has 0 N–H and O–H groups in total. The first-order valence-corrected chi connectivity index (χ1v) is 13.0. The molecular weight excluding hydrogens is 408 g/mol. The Labute approximate surface area is 182 Å². The smallest absolute Gasteiger partial charge is 0.376 e. The van der Waals surface area contributed by atoms with Crippen molar-refractivity contribution in [3.8, 4) is 0 Å². The number of allylic oxidation sites excluding steroid dienone is 4. The van der Waals surface area contributed by atoms with Gasteiger partial charge in [0, 0.05) is 8.07 Å². The van der Waals surface area contributed by atoms with E-state index in [0.29, 0.717) is 0 Å². The van der Waals surface area contributed by atoms with Crippen LogP contribution in [0.3, 0.4) is 0 Å². The Balaban J connectivity index is 0.000000460. The molecule has 2 aromatic carbocycles. The molecule has 1 heterocycles. The van der Waals surface area contributed by atoms with Crippen molar-refractivity contribution >= 4 is 8.07 Å². The molecular formula is C24H34SiZr. The molecule has 0 saturated carbocycles. The Bertz CT molecular complexity index is 487. The van der Waals surface area contributed by atoms with Gasteiger partial charge < -0.3 is 23.3 Å². The van der Waals surface area contributed by atoms with E-state index in [1.807, 2.05) is 60.7 Å². The molecule has 0 radical (unpaired) electrons. The summed E-state index contributed by atoms with van der Waals surface area (Å²) in [6, 6.07) is 22.7. The summed E-state index contributed by atoms with van der Waals surface area (Å²) in [7, 11) is -0.965. The molecule has 0 aromatic heterocycles. The van der Waals surface area contributed by atoms with Crippen molar-refractivity contribution in [2.45, 2.75) is 64.7 Å². The summed E-state index contributed by atoms with van der Waals surface area (Å²) in [6.45, 7) is 9.43. The van der Waals surface area contributed by atoms with E-state index in [9.17, 15) is 0 Å². The second-order valence-corrected chi connectivity index (χ2v) is 12.3. The summed E-state index contributed by atoms with van der Waals surface area (Å²) in [5.74, 6) is 0. The third kappa shape index (κ3) is 11.8. The SMILES string of the molecule is CCC[C-]=C1C[Si](C)(C)CC1=[C-]CCC.[Zr+4].c1cc[cH-]c1.c1cc[cH-]c1. The van der Waals surface area contributed by atoms with Gasteiger partial charge in [-0.3, -0.25) is 0 Å². The van der Waals surface area contributed by atoms with E-state index in [1.54, 1.807) is 0 Å². The van der Waals surface area contributed by atoms with E-state index in [-0.39, 0.29) is 26.2 Å². The Morgan fingerprint density at radius 1 is 0.769 bits per heavy atom. The quantitative estimate of drug-likeness (QED) is 0.339. The van der Waals surface area contributed by atoms with Crippen molar-refractivity contribution in [2.24, 2.45) is 0 Å². The van der Waals surface area contributed by atoms with Crippen molar-refractivity contribution in [1.29, 1.82) is 0 Å². The minimum Gasteiger partial charge on any atom is -0.376 e. The first-order valence-electron chi connectivity index (χ1n) is 9.62. The zero-order valence-electron chi connectivity index (χ0n) is 17.0. The second-order valence-electron chi connectivity index (χ2n) is 7.25. The summed E-state index contributed by atoms with van der Waals surface area (Å²) in [5.41, 5.74) is 3.03. The molecule has 0 nitrogen and oxygen atoms in total. The first kappa shape index (κ1) is 25.3. The van der Waals surface area contributed by atoms with Gasteiger partial charge in [-0.1, -0.05) is 39.8 Å². The van der Waals surface area contributed by atoms with Crippen molar-refractivity contribution in [3.63, 3.8) is 0 Å². The molecule has 26 heavy (non-hydrogen) atoms. The van der Waals surface area contributed by atoms with Gasteiger partial charge in [0.25, 0.3) is 0 Å². The molecule has 0 spiro atoms. The van der Waals surface area contributed by atoms with Crippen LogP contribution in [0.4, 0.5) is 0 Å². The fourth-order valence-corrected chi connectivity index (χ4v) is 5.48. The van der Waals surface area contributed by atoms with Gasteiger partial charge in [-0.05, 0) is 0 Å². The minimum atomic E-state index is -0.965. The van der Waals surface area contributed by atoms with E-state index < -0.39 is 8.07 Å². The maximum Gasteiger partial charge on any atom is 4.00 e. The number of hydrogen-bond donors (Lipinski definition) is 0. The van der Waals surface area contributed by atoms with Crippen LogP contribution in [-0.2, 0) is 26.2 Å². The van der Waals surface area contributed by atoms with Gasteiger partial charge in [0.2, 0.25) is 0 Å². The van der Waals surface area contributed by atoms with Crippen LogP contribution >= 0.6 is 0 Å². The van der Waals surface area contributed by atoms with Crippen molar-refractivity contribution in [1.82, 2.24) is 0 Å². The van der Waals surface area contributed by atoms with Gasteiger partial charge in [0.15, 0.2) is 0 Å². The normalized spacial score (nSPS) is 17.7. The summed E-state index contributed by atoms with van der Waals surface area (Å²) >= 11 is 0. The molecule has 1 fully saturated rings. The monoisotopic (exact) mass is 440 g/mol. The van der Waals surface area contributed by atoms with E-state index >= 15 is 0 Å². The van der Waals surface area contributed by atoms with Crippen LogP contribution in [0.2, 0.25) is 25.2 Å². The third-order valence-corrected chi connectivity index (χ3v) is 6.58. The van der Waals surface area contributed by atoms with Crippen molar-refractivity contribution < 1.29 is 26.2 Å². The molecule has 3 rings (SSSR count).